The first-order valence-electron chi connectivity index (χ1n) is 4.49. The molecule has 0 bridgehead atoms. The SMILES string of the molecule is CC(C)(N)CSC1CS(=O)(=O)CC1O. The van der Waals surface area contributed by atoms with Gasteiger partial charge in [-0.15, -0.1) is 0 Å². The van der Waals surface area contributed by atoms with E-state index >= 15 is 0 Å². The number of aliphatic hydroxyl groups excluding tert-OH is 1. The van der Waals surface area contributed by atoms with Crippen LogP contribution < -0.4 is 5.73 Å². The summed E-state index contributed by atoms with van der Waals surface area (Å²) in [6, 6.07) is 0. The molecule has 14 heavy (non-hydrogen) atoms. The van der Waals surface area contributed by atoms with Gasteiger partial charge in [0.05, 0.1) is 17.6 Å². The summed E-state index contributed by atoms with van der Waals surface area (Å²) in [5.41, 5.74) is 5.45. The van der Waals surface area contributed by atoms with Gasteiger partial charge in [0.25, 0.3) is 0 Å². The largest absolute Gasteiger partial charge is 0.391 e. The number of hydrogen-bond acceptors (Lipinski definition) is 5. The molecule has 84 valence electrons. The lowest BCUT2D eigenvalue weighted by atomic mass is 10.1. The van der Waals surface area contributed by atoms with E-state index in [1.54, 1.807) is 0 Å². The minimum atomic E-state index is -3.02. The molecule has 6 heteroatoms. The van der Waals surface area contributed by atoms with Crippen molar-refractivity contribution in [3.8, 4) is 0 Å². The van der Waals surface area contributed by atoms with Gasteiger partial charge >= 0.3 is 0 Å². The summed E-state index contributed by atoms with van der Waals surface area (Å²) < 4.78 is 22.3. The fourth-order valence-electron chi connectivity index (χ4n) is 1.28. The van der Waals surface area contributed by atoms with Gasteiger partial charge in [0.1, 0.15) is 0 Å². The van der Waals surface area contributed by atoms with Crippen LogP contribution in [0.2, 0.25) is 0 Å². The Balaban J connectivity index is 2.48. The highest BCUT2D eigenvalue weighted by atomic mass is 32.2. The second-order valence-electron chi connectivity index (χ2n) is 4.48. The Bertz CT molecular complexity index is 294. The molecule has 0 radical (unpaired) electrons. The first-order valence-corrected chi connectivity index (χ1v) is 7.36. The summed E-state index contributed by atoms with van der Waals surface area (Å²) in [4.78, 5) is 0. The Morgan fingerprint density at radius 3 is 2.43 bits per heavy atom. The molecule has 1 fully saturated rings. The van der Waals surface area contributed by atoms with Crippen LogP contribution in [0.4, 0.5) is 0 Å². The van der Waals surface area contributed by atoms with Gasteiger partial charge < -0.3 is 10.8 Å². The lowest BCUT2D eigenvalue weighted by Crippen LogP contribution is -2.36. The molecule has 0 aromatic heterocycles. The zero-order valence-corrected chi connectivity index (χ0v) is 10.1. The van der Waals surface area contributed by atoms with Crippen molar-refractivity contribution in [2.45, 2.75) is 30.7 Å². The Hall–Kier alpha value is 0.220. The molecule has 4 nitrogen and oxygen atoms in total. The molecular formula is C8H17NO3S2. The van der Waals surface area contributed by atoms with E-state index in [4.69, 9.17) is 5.73 Å². The van der Waals surface area contributed by atoms with Gasteiger partial charge in [-0.05, 0) is 13.8 Å². The average Bonchev–Trinajstić information content (AvgIpc) is 2.19. The molecule has 2 unspecified atom stereocenters. The maximum Gasteiger partial charge on any atom is 0.154 e. The van der Waals surface area contributed by atoms with E-state index in [2.05, 4.69) is 0 Å². The van der Waals surface area contributed by atoms with E-state index in [1.165, 1.54) is 11.8 Å². The summed E-state index contributed by atoms with van der Waals surface area (Å²) in [5, 5.41) is 9.27. The Labute approximate surface area is 89.2 Å². The number of thioether (sulfide) groups is 1. The van der Waals surface area contributed by atoms with Crippen LogP contribution in [0, 0.1) is 0 Å². The monoisotopic (exact) mass is 239 g/mol. The third-order valence-electron chi connectivity index (χ3n) is 1.94. The summed E-state index contributed by atoms with van der Waals surface area (Å²) in [6.07, 6.45) is -0.729. The lowest BCUT2D eigenvalue weighted by molar-refractivity contribution is 0.207. The molecule has 0 aliphatic carbocycles. The van der Waals surface area contributed by atoms with E-state index in [0.29, 0.717) is 5.75 Å². The van der Waals surface area contributed by atoms with Crippen molar-refractivity contribution in [3.63, 3.8) is 0 Å². The van der Waals surface area contributed by atoms with Gasteiger partial charge in [0, 0.05) is 16.5 Å². The third kappa shape index (κ3) is 3.76. The van der Waals surface area contributed by atoms with Crippen LogP contribution >= 0.6 is 11.8 Å². The number of nitrogens with two attached hydrogens (primary N) is 1. The van der Waals surface area contributed by atoms with Crippen LogP contribution in [0.25, 0.3) is 0 Å². The second-order valence-corrected chi connectivity index (χ2v) is 7.86. The zero-order chi connectivity index (χ0) is 11.0. The predicted molar refractivity (Wildman–Crippen MR) is 59.2 cm³/mol. The van der Waals surface area contributed by atoms with Crippen molar-refractivity contribution in [3.05, 3.63) is 0 Å². The molecule has 1 heterocycles. The molecule has 1 aliphatic rings. The van der Waals surface area contributed by atoms with Crippen molar-refractivity contribution in [1.29, 1.82) is 0 Å². The number of sulfone groups is 1. The molecule has 1 rings (SSSR count). The predicted octanol–water partition coefficient (Wildman–Crippen LogP) is -0.385. The average molecular weight is 239 g/mol. The van der Waals surface area contributed by atoms with Crippen molar-refractivity contribution >= 4 is 21.6 Å². The summed E-state index contributed by atoms with van der Waals surface area (Å²) in [7, 11) is -3.02. The van der Waals surface area contributed by atoms with E-state index in [1.807, 2.05) is 13.8 Å². The normalized spacial score (nSPS) is 32.0. The highest BCUT2D eigenvalue weighted by molar-refractivity contribution is 8.02. The fraction of sp³-hybridized carbons (Fsp3) is 1.00. The van der Waals surface area contributed by atoms with Crippen LogP contribution in [0.1, 0.15) is 13.8 Å². The van der Waals surface area contributed by atoms with Crippen LogP contribution in [0.3, 0.4) is 0 Å². The lowest BCUT2D eigenvalue weighted by Gasteiger charge is -2.21. The number of aliphatic hydroxyl groups is 1. The Morgan fingerprint density at radius 2 is 2.07 bits per heavy atom. The molecule has 0 saturated carbocycles. The minimum Gasteiger partial charge on any atom is -0.391 e. The van der Waals surface area contributed by atoms with Gasteiger partial charge in [-0.3, -0.25) is 0 Å². The second kappa shape index (κ2) is 4.00. The molecule has 0 aromatic rings. The van der Waals surface area contributed by atoms with E-state index < -0.39 is 15.9 Å². The summed E-state index contributed by atoms with van der Waals surface area (Å²) in [6.45, 7) is 3.77. The van der Waals surface area contributed by atoms with Crippen molar-refractivity contribution in [2.75, 3.05) is 17.3 Å². The highest BCUT2D eigenvalue weighted by Crippen LogP contribution is 2.26. The van der Waals surface area contributed by atoms with Gasteiger partial charge in [0.2, 0.25) is 0 Å². The highest BCUT2D eigenvalue weighted by Gasteiger charge is 2.37. The van der Waals surface area contributed by atoms with E-state index in [0.717, 1.165) is 0 Å². The van der Waals surface area contributed by atoms with Crippen LogP contribution in [0.15, 0.2) is 0 Å². The van der Waals surface area contributed by atoms with Crippen molar-refractivity contribution < 1.29 is 13.5 Å². The van der Waals surface area contributed by atoms with Gasteiger partial charge in [-0.1, -0.05) is 0 Å². The van der Waals surface area contributed by atoms with Crippen LogP contribution in [-0.2, 0) is 9.84 Å². The quantitative estimate of drug-likeness (QED) is 0.701. The standard InChI is InChI=1S/C8H17NO3S2/c1-8(2,9)5-13-7-4-14(11,12)3-6(7)10/h6-7,10H,3-5,9H2,1-2H3. The maximum absolute atomic E-state index is 11.2. The Kier molecular flexibility index (Phi) is 3.51. The minimum absolute atomic E-state index is 0.0783. The topological polar surface area (TPSA) is 80.4 Å². The van der Waals surface area contributed by atoms with Crippen LogP contribution in [-0.4, -0.2) is 47.7 Å². The summed E-state index contributed by atoms with van der Waals surface area (Å²) in [5.74, 6) is 0.634. The van der Waals surface area contributed by atoms with E-state index in [9.17, 15) is 13.5 Å². The van der Waals surface area contributed by atoms with Gasteiger partial charge in [-0.2, -0.15) is 11.8 Å². The fourth-order valence-corrected chi connectivity index (χ4v) is 4.98. The molecule has 1 aliphatic heterocycles. The molecule has 0 aromatic carbocycles. The van der Waals surface area contributed by atoms with Gasteiger partial charge in [-0.25, -0.2) is 8.42 Å². The number of hydrogen-bond donors (Lipinski definition) is 2. The van der Waals surface area contributed by atoms with Crippen molar-refractivity contribution in [1.82, 2.24) is 0 Å². The Morgan fingerprint density at radius 1 is 1.50 bits per heavy atom. The first kappa shape index (κ1) is 12.3. The van der Waals surface area contributed by atoms with Gasteiger partial charge in [0.15, 0.2) is 9.84 Å². The van der Waals surface area contributed by atoms with Crippen molar-refractivity contribution in [2.24, 2.45) is 5.73 Å². The molecule has 3 N–H and O–H groups in total. The molecule has 0 spiro atoms. The maximum atomic E-state index is 11.2. The molecular weight excluding hydrogens is 222 g/mol. The molecule has 2 atom stereocenters. The van der Waals surface area contributed by atoms with E-state index in [-0.39, 0.29) is 22.3 Å². The zero-order valence-electron chi connectivity index (χ0n) is 8.43. The third-order valence-corrected chi connectivity index (χ3v) is 5.69. The smallest absolute Gasteiger partial charge is 0.154 e. The number of rotatable bonds is 3. The first-order chi connectivity index (χ1) is 6.20. The molecule has 1 saturated heterocycles. The summed E-state index contributed by atoms with van der Waals surface area (Å²) >= 11 is 1.45. The molecule has 0 amide bonds. The van der Waals surface area contributed by atoms with Crippen LogP contribution in [0.5, 0.6) is 0 Å².